The number of rotatable bonds is 6. The molecule has 9 heteroatoms. The molecule has 3 aromatic heterocycles. The molecule has 1 aromatic carbocycles. The minimum absolute atomic E-state index is 0.220. The second kappa shape index (κ2) is 7.99. The van der Waals surface area contributed by atoms with E-state index in [-0.39, 0.29) is 6.10 Å². The van der Waals surface area contributed by atoms with E-state index in [9.17, 15) is 0 Å². The number of aromatic nitrogens is 5. The molecular formula is C24H25N5O4. The van der Waals surface area contributed by atoms with Crippen molar-refractivity contribution in [3.05, 3.63) is 54.2 Å². The molecule has 1 saturated carbocycles. The van der Waals surface area contributed by atoms with Gasteiger partial charge < -0.3 is 23.5 Å². The van der Waals surface area contributed by atoms with Crippen molar-refractivity contribution in [2.24, 2.45) is 0 Å². The molecule has 0 saturated heterocycles. The summed E-state index contributed by atoms with van der Waals surface area (Å²) in [4.78, 5) is 8.93. The fraction of sp³-hybridized carbons (Fsp3) is 0.375. The fourth-order valence-electron chi connectivity index (χ4n) is 4.33. The summed E-state index contributed by atoms with van der Waals surface area (Å²) >= 11 is 0. The predicted molar refractivity (Wildman–Crippen MR) is 120 cm³/mol. The van der Waals surface area contributed by atoms with Gasteiger partial charge in [0.15, 0.2) is 23.3 Å². The first-order valence-corrected chi connectivity index (χ1v) is 11.1. The van der Waals surface area contributed by atoms with Gasteiger partial charge in [-0.3, -0.25) is 4.68 Å². The Kier molecular flexibility index (Phi) is 4.82. The fourth-order valence-corrected chi connectivity index (χ4v) is 4.33. The van der Waals surface area contributed by atoms with Crippen molar-refractivity contribution in [2.75, 3.05) is 20.8 Å². The van der Waals surface area contributed by atoms with Crippen molar-refractivity contribution in [3.63, 3.8) is 0 Å². The Morgan fingerprint density at radius 2 is 2.00 bits per heavy atom. The number of methoxy groups -OCH3 is 2. The maximum Gasteiger partial charge on any atom is 0.204 e. The summed E-state index contributed by atoms with van der Waals surface area (Å²) in [5.74, 6) is 2.61. The molecule has 9 nitrogen and oxygen atoms in total. The SMILES string of the molecule is COc1cnc2c(c1)ncn2Cc1cc(OC)c2c(c1)OCC(c1cnn(C3CCC3)c1)O2. The third-order valence-electron chi connectivity index (χ3n) is 6.41. The zero-order valence-corrected chi connectivity index (χ0v) is 18.6. The zero-order valence-electron chi connectivity index (χ0n) is 18.6. The Bertz CT molecular complexity index is 1290. The number of benzene rings is 1. The molecule has 1 fully saturated rings. The maximum atomic E-state index is 6.32. The summed E-state index contributed by atoms with van der Waals surface area (Å²) in [5.41, 5.74) is 3.59. The number of fused-ring (bicyclic) bond motifs is 2. The lowest BCUT2D eigenvalue weighted by Crippen LogP contribution is -2.22. The lowest BCUT2D eigenvalue weighted by molar-refractivity contribution is 0.0868. The molecule has 0 N–H and O–H groups in total. The smallest absolute Gasteiger partial charge is 0.204 e. The van der Waals surface area contributed by atoms with Gasteiger partial charge in [-0.2, -0.15) is 5.10 Å². The summed E-state index contributed by atoms with van der Waals surface area (Å²) in [6.45, 7) is 0.992. The highest BCUT2D eigenvalue weighted by Crippen LogP contribution is 2.44. The van der Waals surface area contributed by atoms with E-state index in [4.69, 9.17) is 18.9 Å². The molecule has 1 aliphatic heterocycles. The standard InChI is InChI=1S/C24H25N5O4/c1-30-18-8-19-24(25-10-18)28(14-26-19)11-15-6-20(31-2)23-21(7-15)32-13-22(33-23)16-9-27-29(12-16)17-4-3-5-17/h6-10,12,14,17,22H,3-5,11,13H2,1-2H3. The first-order chi connectivity index (χ1) is 16.2. The Morgan fingerprint density at radius 3 is 2.79 bits per heavy atom. The van der Waals surface area contributed by atoms with Gasteiger partial charge in [0, 0.05) is 17.8 Å². The van der Waals surface area contributed by atoms with Gasteiger partial charge in [0.25, 0.3) is 0 Å². The molecule has 1 aliphatic carbocycles. The molecule has 0 spiro atoms. The Hall–Kier alpha value is -3.75. The topological polar surface area (TPSA) is 85.5 Å². The molecule has 33 heavy (non-hydrogen) atoms. The molecule has 6 rings (SSSR count). The molecule has 1 unspecified atom stereocenters. The predicted octanol–water partition coefficient (Wildman–Crippen LogP) is 3.93. The van der Waals surface area contributed by atoms with Crippen LogP contribution >= 0.6 is 0 Å². The molecule has 4 heterocycles. The van der Waals surface area contributed by atoms with E-state index in [1.165, 1.54) is 19.3 Å². The number of nitrogens with zero attached hydrogens (tertiary/aromatic N) is 5. The van der Waals surface area contributed by atoms with Gasteiger partial charge in [-0.1, -0.05) is 0 Å². The molecule has 0 radical (unpaired) electrons. The van der Waals surface area contributed by atoms with Crippen LogP contribution in [0.3, 0.4) is 0 Å². The molecule has 170 valence electrons. The third kappa shape index (κ3) is 3.53. The molecule has 1 atom stereocenters. The third-order valence-corrected chi connectivity index (χ3v) is 6.41. The highest BCUT2D eigenvalue weighted by atomic mass is 16.6. The first-order valence-electron chi connectivity index (χ1n) is 11.1. The van der Waals surface area contributed by atoms with Crippen LogP contribution < -0.4 is 18.9 Å². The molecule has 0 bridgehead atoms. The van der Waals surface area contributed by atoms with E-state index in [1.54, 1.807) is 26.7 Å². The zero-order chi connectivity index (χ0) is 22.4. The monoisotopic (exact) mass is 447 g/mol. The van der Waals surface area contributed by atoms with Crippen LogP contribution in [0.25, 0.3) is 11.2 Å². The summed E-state index contributed by atoms with van der Waals surface area (Å²) < 4.78 is 27.4. The van der Waals surface area contributed by atoms with E-state index in [1.807, 2.05) is 29.0 Å². The first kappa shape index (κ1) is 19.9. The largest absolute Gasteiger partial charge is 0.495 e. The Balaban J connectivity index is 1.25. The number of pyridine rings is 1. The average Bonchev–Trinajstić information content (AvgIpc) is 3.44. The van der Waals surface area contributed by atoms with Crippen LogP contribution in [0.1, 0.15) is 42.5 Å². The number of hydrogen-bond acceptors (Lipinski definition) is 7. The number of ether oxygens (including phenoxy) is 4. The average molecular weight is 447 g/mol. The van der Waals surface area contributed by atoms with Crippen LogP contribution in [0.2, 0.25) is 0 Å². The van der Waals surface area contributed by atoms with Crippen molar-refractivity contribution < 1.29 is 18.9 Å². The molecule has 2 aliphatic rings. The lowest BCUT2D eigenvalue weighted by Gasteiger charge is -2.28. The second-order valence-electron chi connectivity index (χ2n) is 8.47. The van der Waals surface area contributed by atoms with Crippen molar-refractivity contribution in [1.29, 1.82) is 0 Å². The highest BCUT2D eigenvalue weighted by Gasteiger charge is 2.29. The van der Waals surface area contributed by atoms with Gasteiger partial charge in [-0.15, -0.1) is 0 Å². The van der Waals surface area contributed by atoms with Crippen LogP contribution in [0.5, 0.6) is 23.0 Å². The van der Waals surface area contributed by atoms with E-state index >= 15 is 0 Å². The normalized spacial score (nSPS) is 17.7. The molecule has 0 amide bonds. The Labute approximate surface area is 190 Å². The number of imidazole rings is 1. The number of hydrogen-bond donors (Lipinski definition) is 0. The summed E-state index contributed by atoms with van der Waals surface area (Å²) in [7, 11) is 3.26. The lowest BCUT2D eigenvalue weighted by atomic mass is 9.93. The Morgan fingerprint density at radius 1 is 1.09 bits per heavy atom. The van der Waals surface area contributed by atoms with Gasteiger partial charge >= 0.3 is 0 Å². The van der Waals surface area contributed by atoms with Crippen molar-refractivity contribution in [2.45, 2.75) is 38.0 Å². The van der Waals surface area contributed by atoms with Crippen molar-refractivity contribution in [3.8, 4) is 23.0 Å². The van der Waals surface area contributed by atoms with Gasteiger partial charge in [-0.05, 0) is 37.0 Å². The minimum Gasteiger partial charge on any atom is -0.495 e. The second-order valence-corrected chi connectivity index (χ2v) is 8.47. The van der Waals surface area contributed by atoms with Crippen LogP contribution in [0, 0.1) is 0 Å². The van der Waals surface area contributed by atoms with Gasteiger partial charge in [0.1, 0.15) is 17.9 Å². The van der Waals surface area contributed by atoms with E-state index in [2.05, 4.69) is 25.9 Å². The van der Waals surface area contributed by atoms with Crippen LogP contribution in [0.15, 0.2) is 43.1 Å². The van der Waals surface area contributed by atoms with E-state index in [0.29, 0.717) is 42.2 Å². The van der Waals surface area contributed by atoms with Crippen molar-refractivity contribution >= 4 is 11.2 Å². The summed E-state index contributed by atoms with van der Waals surface area (Å²) in [6.07, 6.45) is 10.9. The van der Waals surface area contributed by atoms with Crippen molar-refractivity contribution in [1.82, 2.24) is 24.3 Å². The quantitative estimate of drug-likeness (QED) is 0.443. The van der Waals surface area contributed by atoms with Crippen LogP contribution in [-0.4, -0.2) is 45.1 Å². The molecular weight excluding hydrogens is 422 g/mol. The summed E-state index contributed by atoms with van der Waals surface area (Å²) in [5, 5.41) is 4.53. The maximum absolute atomic E-state index is 6.32. The van der Waals surface area contributed by atoms with E-state index in [0.717, 1.165) is 22.3 Å². The summed E-state index contributed by atoms with van der Waals surface area (Å²) in [6, 6.07) is 6.34. The minimum atomic E-state index is -0.220. The van der Waals surface area contributed by atoms with Gasteiger partial charge in [0.05, 0.1) is 45.5 Å². The van der Waals surface area contributed by atoms with E-state index < -0.39 is 0 Å². The van der Waals surface area contributed by atoms with Crippen LogP contribution in [0.4, 0.5) is 0 Å². The van der Waals surface area contributed by atoms with Gasteiger partial charge in [-0.25, -0.2) is 9.97 Å². The van der Waals surface area contributed by atoms with Crippen LogP contribution in [-0.2, 0) is 6.54 Å². The highest BCUT2D eigenvalue weighted by molar-refractivity contribution is 5.72. The van der Waals surface area contributed by atoms with Gasteiger partial charge in [0.2, 0.25) is 5.75 Å². The molecule has 4 aromatic rings.